The average Bonchev–Trinajstić information content (AvgIpc) is 3.52. The number of nitrogens with zero attached hydrogens (tertiary/aromatic N) is 1. The Kier molecular flexibility index (Phi) is 15.8. The number of halogens is 2. The number of pyridine rings is 1. The summed E-state index contributed by atoms with van der Waals surface area (Å²) in [6.45, 7) is 7.55. The van der Waals surface area contributed by atoms with Gasteiger partial charge in [-0.05, 0) is 23.6 Å². The van der Waals surface area contributed by atoms with Crippen molar-refractivity contribution in [3.8, 4) is 11.1 Å². The minimum Gasteiger partial charge on any atom is -0.168 e. The Bertz CT molecular complexity index is 1470. The van der Waals surface area contributed by atoms with Crippen LogP contribution in [0.15, 0.2) is 109 Å². The zero-order valence-corrected chi connectivity index (χ0v) is 26.8. The molecule has 5 heteroatoms. The van der Waals surface area contributed by atoms with Gasteiger partial charge in [0.2, 0.25) is 0 Å². The van der Waals surface area contributed by atoms with E-state index < -0.39 is 0 Å². The van der Waals surface area contributed by atoms with Crippen molar-refractivity contribution in [1.29, 1.82) is 0 Å². The minimum atomic E-state index is 0. The Morgan fingerprint density at radius 1 is 0.757 bits per heavy atom. The van der Waals surface area contributed by atoms with E-state index in [1.807, 2.05) is 12.3 Å². The van der Waals surface area contributed by atoms with E-state index in [2.05, 4.69) is 123 Å². The third-order valence-electron chi connectivity index (χ3n) is 5.89. The molecule has 0 aliphatic rings. The molecule has 1 aromatic heterocycles. The Balaban J connectivity index is 0.000000739. The van der Waals surface area contributed by atoms with Crippen molar-refractivity contribution in [2.75, 3.05) is 0 Å². The van der Waals surface area contributed by atoms with Gasteiger partial charge in [0.1, 0.15) is 0 Å². The van der Waals surface area contributed by atoms with Crippen LogP contribution in [0, 0.1) is 14.9 Å². The molecule has 0 fully saturated rings. The summed E-state index contributed by atoms with van der Waals surface area (Å²) >= 11 is 1.36. The van der Waals surface area contributed by atoms with Crippen LogP contribution in [-0.2, 0) is 23.3 Å². The molecular weight excluding hydrogens is 589 g/mol. The van der Waals surface area contributed by atoms with Crippen LogP contribution in [0.4, 0.5) is 0 Å². The molecule has 6 aromatic rings. The van der Waals surface area contributed by atoms with Crippen molar-refractivity contribution < 1.29 is 23.3 Å². The second-order valence-electron chi connectivity index (χ2n) is 8.32. The number of fused-ring (bicyclic) bond motifs is 3. The van der Waals surface area contributed by atoms with Gasteiger partial charge in [0, 0.05) is 11.6 Å². The summed E-state index contributed by atoms with van der Waals surface area (Å²) in [5.41, 5.74) is 4.90. The third-order valence-corrected chi connectivity index (χ3v) is 5.89. The predicted octanol–water partition coefficient (Wildman–Crippen LogP) is 9.82. The maximum atomic E-state index is 4.61. The quantitative estimate of drug-likeness (QED) is 0.139. The van der Waals surface area contributed by atoms with E-state index in [1.165, 1.54) is 67.0 Å². The van der Waals surface area contributed by atoms with E-state index in [1.54, 1.807) is 0 Å². The minimum absolute atomic E-state index is 0. The number of hydrogen-bond donors (Lipinski definition) is 0. The summed E-state index contributed by atoms with van der Waals surface area (Å²) in [7, 11) is 0. The van der Waals surface area contributed by atoms with Gasteiger partial charge in [0.15, 0.2) is 0 Å². The summed E-state index contributed by atoms with van der Waals surface area (Å²) in [6, 6.07) is 36.3. The molecule has 0 N–H and O–H groups in total. The first-order valence-electron chi connectivity index (χ1n) is 11.1. The van der Waals surface area contributed by atoms with Crippen LogP contribution in [0.25, 0.3) is 43.6 Å². The van der Waals surface area contributed by atoms with Gasteiger partial charge in [0.25, 0.3) is 0 Å². The third kappa shape index (κ3) is 8.23. The van der Waals surface area contributed by atoms with Crippen molar-refractivity contribution in [2.24, 2.45) is 0 Å². The van der Waals surface area contributed by atoms with Crippen molar-refractivity contribution in [1.82, 2.24) is 4.98 Å². The molecule has 6 rings (SSSR count). The molecule has 0 unspecified atom stereocenters. The first-order chi connectivity index (χ1) is 16.2. The second-order valence-corrected chi connectivity index (χ2v) is 8.32. The summed E-state index contributed by atoms with van der Waals surface area (Å²) in [5, 5.41) is 6.49. The van der Waals surface area contributed by atoms with Gasteiger partial charge >= 0.3 is 30.2 Å². The Morgan fingerprint density at radius 2 is 1.41 bits per heavy atom. The van der Waals surface area contributed by atoms with E-state index >= 15 is 0 Å². The van der Waals surface area contributed by atoms with E-state index in [0.29, 0.717) is 5.92 Å². The van der Waals surface area contributed by atoms with Crippen molar-refractivity contribution >= 4 is 64.1 Å². The molecule has 0 bridgehead atoms. The first-order valence-corrected chi connectivity index (χ1v) is 15.3. The van der Waals surface area contributed by atoms with Crippen molar-refractivity contribution in [2.45, 2.75) is 19.8 Å². The maximum absolute atomic E-state index is 4.61. The Morgan fingerprint density at radius 3 is 2.11 bits per heavy atom. The van der Waals surface area contributed by atoms with Gasteiger partial charge in [-0.25, -0.2) is 0 Å². The smallest absolute Gasteiger partial charge is 0.0809 e. The average molecular weight is 622 g/mol. The van der Waals surface area contributed by atoms with Gasteiger partial charge in [-0.15, -0.1) is 89.0 Å². The fourth-order valence-corrected chi connectivity index (χ4v) is 4.13. The van der Waals surface area contributed by atoms with Gasteiger partial charge < -0.3 is 14.9 Å². The molecular formula is C32H33Cl2NSiZr-4. The molecule has 0 atom stereocenters. The number of rotatable bonds is 2. The van der Waals surface area contributed by atoms with E-state index in [0.717, 1.165) is 5.52 Å². The van der Waals surface area contributed by atoms with E-state index in [9.17, 15) is 0 Å². The Hall–Kier alpha value is -2.03. The van der Waals surface area contributed by atoms with Crippen LogP contribution in [0.5, 0.6) is 0 Å². The molecule has 0 aliphatic heterocycles. The maximum Gasteiger partial charge on any atom is -0.0809 e. The standard InChI is InChI=1S/C21H18N.C9H7.2CH3.2ClH.Si.Zr/c1-14(2)17-10-15-7-5-8-19(20(15)12-17)18-11-16-6-3-4-9-21(16)22-13-18;1-2-5-9-7-3-6-8(9)4-1;;;;;;/h3-14H,1-2H3;1-7H;2*1H3;2*1H;;/q4*-1;;;;. The molecule has 0 aliphatic carbocycles. The molecule has 0 amide bonds. The van der Waals surface area contributed by atoms with Gasteiger partial charge in [-0.3, -0.25) is 4.98 Å². The van der Waals surface area contributed by atoms with Crippen LogP contribution < -0.4 is 0 Å². The van der Waals surface area contributed by atoms with Crippen LogP contribution in [0.2, 0.25) is 0 Å². The van der Waals surface area contributed by atoms with Crippen molar-refractivity contribution in [3.05, 3.63) is 130 Å². The zero-order chi connectivity index (χ0) is 23.2. The topological polar surface area (TPSA) is 12.9 Å². The van der Waals surface area contributed by atoms with Gasteiger partial charge in [-0.1, -0.05) is 49.7 Å². The summed E-state index contributed by atoms with van der Waals surface area (Å²) < 4.78 is 0. The number of hydrogen-bond acceptors (Lipinski definition) is 1. The molecule has 2 radical (unpaired) electrons. The Labute approximate surface area is 251 Å². The number of para-hydroxylation sites is 1. The largest absolute Gasteiger partial charge is 0.168 e. The SMILES string of the molecule is CC(C)c1cc2c(-c3cnc4ccccc4c3)cccc2[cH-]1.Cl.Cl.[CH3-].[CH3-].[Si]=[Zr].c1ccc2[cH-]ccc2c1. The van der Waals surface area contributed by atoms with Gasteiger partial charge in [-0.2, -0.15) is 23.6 Å². The van der Waals surface area contributed by atoms with Gasteiger partial charge in [0.05, 0.1) is 5.52 Å². The molecule has 1 nitrogen and oxygen atoms in total. The summed E-state index contributed by atoms with van der Waals surface area (Å²) in [5.74, 6) is 0.551. The molecule has 1 heterocycles. The normalized spacial score (nSPS) is 9.46. The fourth-order valence-electron chi connectivity index (χ4n) is 4.13. The molecule has 0 saturated carbocycles. The first kappa shape index (κ1) is 35.0. The molecule has 0 saturated heterocycles. The predicted molar refractivity (Wildman–Crippen MR) is 167 cm³/mol. The molecule has 192 valence electrons. The monoisotopic (exact) mass is 619 g/mol. The van der Waals surface area contributed by atoms with Crippen LogP contribution in [-0.4, -0.2) is 11.9 Å². The van der Waals surface area contributed by atoms with Crippen LogP contribution >= 0.6 is 24.8 Å². The zero-order valence-electron chi connectivity index (χ0n) is 21.7. The molecule has 37 heavy (non-hydrogen) atoms. The second kappa shape index (κ2) is 16.7. The number of aromatic nitrogens is 1. The summed E-state index contributed by atoms with van der Waals surface area (Å²) in [4.78, 5) is 4.61. The van der Waals surface area contributed by atoms with Crippen LogP contribution in [0.1, 0.15) is 25.3 Å². The fraction of sp³-hybridized carbons (Fsp3) is 0.0938. The number of benzene rings is 3. The van der Waals surface area contributed by atoms with E-state index in [4.69, 9.17) is 0 Å². The molecule has 5 aromatic carbocycles. The van der Waals surface area contributed by atoms with Crippen molar-refractivity contribution in [3.63, 3.8) is 0 Å². The van der Waals surface area contributed by atoms with Crippen LogP contribution in [0.3, 0.4) is 0 Å². The van der Waals surface area contributed by atoms with E-state index in [-0.39, 0.29) is 39.7 Å². The molecule has 0 spiro atoms. The summed E-state index contributed by atoms with van der Waals surface area (Å²) in [6.07, 6.45) is 1.99.